The second kappa shape index (κ2) is 6.12. The third-order valence-electron chi connectivity index (χ3n) is 2.38. The summed E-state index contributed by atoms with van der Waals surface area (Å²) in [5.41, 5.74) is -0.655. The molecule has 0 aliphatic heterocycles. The van der Waals surface area contributed by atoms with Gasteiger partial charge in [0.25, 0.3) is 5.91 Å². The summed E-state index contributed by atoms with van der Waals surface area (Å²) in [5, 5.41) is 2.11. The number of esters is 1. The zero-order valence-corrected chi connectivity index (χ0v) is 10.9. The van der Waals surface area contributed by atoms with Crippen molar-refractivity contribution in [2.45, 2.75) is 6.92 Å². The molecule has 1 aromatic carbocycles. The van der Waals surface area contributed by atoms with E-state index in [0.717, 1.165) is 24.5 Å². The van der Waals surface area contributed by atoms with Crippen molar-refractivity contribution in [3.8, 4) is 0 Å². The number of aromatic nitrogens is 1. The summed E-state index contributed by atoms with van der Waals surface area (Å²) in [4.78, 5) is 26.8. The topological polar surface area (TPSA) is 81.4 Å². The Labute approximate surface area is 117 Å². The summed E-state index contributed by atoms with van der Waals surface area (Å²) in [6.07, 6.45) is 0.982. The highest BCUT2D eigenvalue weighted by Gasteiger charge is 2.18. The predicted molar refractivity (Wildman–Crippen MR) is 66.8 cm³/mol. The number of carbonyl (C=O) groups excluding carboxylic acids is 2. The lowest BCUT2D eigenvalue weighted by Crippen LogP contribution is -2.14. The van der Waals surface area contributed by atoms with E-state index in [0.29, 0.717) is 0 Å². The number of nitrogens with zero attached hydrogens (tertiary/aromatic N) is 1. The monoisotopic (exact) mass is 296 g/mol. The van der Waals surface area contributed by atoms with E-state index in [9.17, 15) is 18.4 Å². The lowest BCUT2D eigenvalue weighted by atomic mass is 10.2. The Bertz CT molecular complexity index is 685. The number of ether oxygens (including phenoxy) is 1. The van der Waals surface area contributed by atoms with Crippen molar-refractivity contribution in [3.05, 3.63) is 47.4 Å². The quantitative estimate of drug-likeness (QED) is 0.876. The van der Waals surface area contributed by atoms with Crippen molar-refractivity contribution < 1.29 is 27.5 Å². The maximum atomic E-state index is 13.4. The standard InChI is InChI=1S/C13H10F2N2O4/c1-2-20-12(19)10-6-21-13(16-10)17-11(18)8-5-7(14)3-4-9(8)15/h3-6H,2H2,1H3,(H,16,17,18). The highest BCUT2D eigenvalue weighted by molar-refractivity contribution is 6.03. The fraction of sp³-hybridized carbons (Fsp3) is 0.154. The maximum absolute atomic E-state index is 13.4. The Morgan fingerprint density at radius 3 is 2.86 bits per heavy atom. The van der Waals surface area contributed by atoms with E-state index in [1.165, 1.54) is 0 Å². The molecule has 2 aromatic rings. The van der Waals surface area contributed by atoms with Crippen LogP contribution in [0, 0.1) is 11.6 Å². The Hall–Kier alpha value is -2.77. The molecule has 0 unspecified atom stereocenters. The molecule has 0 bridgehead atoms. The Morgan fingerprint density at radius 2 is 2.14 bits per heavy atom. The molecular weight excluding hydrogens is 286 g/mol. The van der Waals surface area contributed by atoms with Gasteiger partial charge in [0, 0.05) is 0 Å². The molecule has 0 radical (unpaired) electrons. The number of hydrogen-bond acceptors (Lipinski definition) is 5. The predicted octanol–water partition coefficient (Wildman–Crippen LogP) is 2.38. The minimum absolute atomic E-state index is 0.146. The van der Waals surface area contributed by atoms with Crippen LogP contribution in [0.2, 0.25) is 0 Å². The minimum Gasteiger partial charge on any atom is -0.461 e. The average molecular weight is 296 g/mol. The molecule has 6 nitrogen and oxygen atoms in total. The van der Waals surface area contributed by atoms with Gasteiger partial charge < -0.3 is 9.15 Å². The smallest absolute Gasteiger partial charge is 0.360 e. The molecule has 1 heterocycles. The molecule has 0 aliphatic carbocycles. The second-order valence-corrected chi connectivity index (χ2v) is 3.84. The first-order chi connectivity index (χ1) is 10.0. The minimum atomic E-state index is -0.954. The molecule has 1 aromatic heterocycles. The Morgan fingerprint density at radius 1 is 1.38 bits per heavy atom. The van der Waals surface area contributed by atoms with Crippen LogP contribution in [0.1, 0.15) is 27.8 Å². The van der Waals surface area contributed by atoms with Gasteiger partial charge >= 0.3 is 12.0 Å². The van der Waals surface area contributed by atoms with Crippen LogP contribution < -0.4 is 5.32 Å². The first kappa shape index (κ1) is 14.6. The van der Waals surface area contributed by atoms with Crippen LogP contribution >= 0.6 is 0 Å². The van der Waals surface area contributed by atoms with Gasteiger partial charge in [0.1, 0.15) is 17.9 Å². The molecule has 1 amide bonds. The number of nitrogens with one attached hydrogen (secondary N) is 1. The number of benzene rings is 1. The first-order valence-electron chi connectivity index (χ1n) is 5.90. The van der Waals surface area contributed by atoms with Gasteiger partial charge in [0.15, 0.2) is 5.69 Å². The normalized spacial score (nSPS) is 10.2. The van der Waals surface area contributed by atoms with Gasteiger partial charge in [0.2, 0.25) is 0 Å². The van der Waals surface area contributed by atoms with Crippen LogP contribution in [0.15, 0.2) is 28.9 Å². The molecule has 21 heavy (non-hydrogen) atoms. The summed E-state index contributed by atoms with van der Waals surface area (Å²) in [5.74, 6) is -3.34. The Kier molecular flexibility index (Phi) is 4.27. The van der Waals surface area contributed by atoms with Crippen molar-refractivity contribution >= 4 is 17.9 Å². The van der Waals surface area contributed by atoms with E-state index in [2.05, 4.69) is 15.0 Å². The van der Waals surface area contributed by atoms with Crippen LogP contribution in [0.4, 0.5) is 14.8 Å². The molecule has 0 aliphatic rings. The summed E-state index contributed by atoms with van der Waals surface area (Å²) >= 11 is 0. The van der Waals surface area contributed by atoms with Gasteiger partial charge in [0.05, 0.1) is 12.2 Å². The third kappa shape index (κ3) is 3.41. The number of rotatable bonds is 4. The molecule has 2 rings (SSSR count). The van der Waals surface area contributed by atoms with Crippen LogP contribution in [0.25, 0.3) is 0 Å². The SMILES string of the molecule is CCOC(=O)c1coc(NC(=O)c2cc(F)ccc2F)n1. The number of oxazole rings is 1. The molecular formula is C13H10F2N2O4. The summed E-state index contributed by atoms with van der Waals surface area (Å²) in [6, 6.07) is 2.12. The molecule has 0 fully saturated rings. The van der Waals surface area contributed by atoms with Crippen LogP contribution in [-0.2, 0) is 4.74 Å². The lowest BCUT2D eigenvalue weighted by Gasteiger charge is -2.02. The molecule has 0 spiro atoms. The van der Waals surface area contributed by atoms with Crippen molar-refractivity contribution in [1.29, 1.82) is 0 Å². The van der Waals surface area contributed by atoms with Crippen molar-refractivity contribution in [3.63, 3.8) is 0 Å². The molecule has 0 atom stereocenters. The fourth-order valence-electron chi connectivity index (χ4n) is 1.47. The number of halogens is 2. The number of hydrogen-bond donors (Lipinski definition) is 1. The molecule has 0 saturated heterocycles. The maximum Gasteiger partial charge on any atom is 0.360 e. The van der Waals surface area contributed by atoms with E-state index in [1.54, 1.807) is 6.92 Å². The fourth-order valence-corrected chi connectivity index (χ4v) is 1.47. The Balaban J connectivity index is 2.13. The summed E-state index contributed by atoms with van der Waals surface area (Å²) in [7, 11) is 0. The van der Waals surface area contributed by atoms with Gasteiger partial charge in [-0.3, -0.25) is 10.1 Å². The van der Waals surface area contributed by atoms with E-state index in [-0.39, 0.29) is 18.3 Å². The van der Waals surface area contributed by atoms with Gasteiger partial charge in [-0.2, -0.15) is 4.98 Å². The van der Waals surface area contributed by atoms with Gasteiger partial charge in [-0.15, -0.1) is 0 Å². The van der Waals surface area contributed by atoms with Crippen molar-refractivity contribution in [2.24, 2.45) is 0 Å². The highest BCUT2D eigenvalue weighted by atomic mass is 19.1. The van der Waals surface area contributed by atoms with Crippen LogP contribution in [-0.4, -0.2) is 23.5 Å². The van der Waals surface area contributed by atoms with E-state index in [4.69, 9.17) is 4.42 Å². The van der Waals surface area contributed by atoms with Gasteiger partial charge in [-0.25, -0.2) is 13.6 Å². The van der Waals surface area contributed by atoms with Crippen LogP contribution in [0.5, 0.6) is 0 Å². The molecule has 0 saturated carbocycles. The van der Waals surface area contributed by atoms with E-state index in [1.807, 2.05) is 0 Å². The highest BCUT2D eigenvalue weighted by Crippen LogP contribution is 2.14. The number of carbonyl (C=O) groups is 2. The van der Waals surface area contributed by atoms with Crippen molar-refractivity contribution in [1.82, 2.24) is 4.98 Å². The largest absolute Gasteiger partial charge is 0.461 e. The number of amides is 1. The zero-order valence-electron chi connectivity index (χ0n) is 10.9. The lowest BCUT2D eigenvalue weighted by molar-refractivity contribution is 0.0519. The van der Waals surface area contributed by atoms with Gasteiger partial charge in [-0.05, 0) is 25.1 Å². The number of anilines is 1. The van der Waals surface area contributed by atoms with Gasteiger partial charge in [-0.1, -0.05) is 0 Å². The first-order valence-corrected chi connectivity index (χ1v) is 5.90. The van der Waals surface area contributed by atoms with E-state index < -0.39 is 29.1 Å². The van der Waals surface area contributed by atoms with E-state index >= 15 is 0 Å². The second-order valence-electron chi connectivity index (χ2n) is 3.84. The summed E-state index contributed by atoms with van der Waals surface area (Å²) < 4.78 is 35.9. The zero-order chi connectivity index (χ0) is 15.4. The molecule has 1 N–H and O–H groups in total. The average Bonchev–Trinajstić information content (AvgIpc) is 2.90. The molecule has 8 heteroatoms. The summed E-state index contributed by atoms with van der Waals surface area (Å²) in [6.45, 7) is 1.77. The van der Waals surface area contributed by atoms with Crippen LogP contribution in [0.3, 0.4) is 0 Å². The molecule has 110 valence electrons. The van der Waals surface area contributed by atoms with Crippen molar-refractivity contribution in [2.75, 3.05) is 11.9 Å². The third-order valence-corrected chi connectivity index (χ3v) is 2.38.